The molecule has 2 aromatic carbocycles. The van der Waals surface area contributed by atoms with E-state index >= 15 is 0 Å². The normalized spacial score (nSPS) is 12.7. The van der Waals surface area contributed by atoms with Gasteiger partial charge in [0.2, 0.25) is 0 Å². The van der Waals surface area contributed by atoms with Crippen LogP contribution in [0.15, 0.2) is 53.4 Å². The quantitative estimate of drug-likeness (QED) is 0.579. The van der Waals surface area contributed by atoms with Gasteiger partial charge in [-0.15, -0.1) is 0 Å². The SMILES string of the molecule is COC(=O)C(c1ccc(OS(=O)(=O)c2ccc(C)cc2)cc1)C(C)C. The summed E-state index contributed by atoms with van der Waals surface area (Å²) in [6.07, 6.45) is 0. The molecule has 0 aromatic heterocycles. The Morgan fingerprint density at radius 1 is 0.960 bits per heavy atom. The molecule has 1 unspecified atom stereocenters. The third kappa shape index (κ3) is 4.60. The van der Waals surface area contributed by atoms with E-state index < -0.39 is 16.0 Å². The summed E-state index contributed by atoms with van der Waals surface area (Å²) >= 11 is 0. The summed E-state index contributed by atoms with van der Waals surface area (Å²) < 4.78 is 34.6. The predicted molar refractivity (Wildman–Crippen MR) is 95.0 cm³/mol. The van der Waals surface area contributed by atoms with Crippen molar-refractivity contribution in [2.75, 3.05) is 7.11 Å². The predicted octanol–water partition coefficient (Wildman–Crippen LogP) is 3.68. The Hall–Kier alpha value is -2.34. The largest absolute Gasteiger partial charge is 0.469 e. The summed E-state index contributed by atoms with van der Waals surface area (Å²) in [7, 11) is -2.54. The van der Waals surface area contributed by atoms with Crippen molar-refractivity contribution in [3.8, 4) is 5.75 Å². The van der Waals surface area contributed by atoms with Crippen LogP contribution in [0.5, 0.6) is 5.75 Å². The fraction of sp³-hybridized carbons (Fsp3) is 0.316. The van der Waals surface area contributed by atoms with Gasteiger partial charge in [0.25, 0.3) is 0 Å². The molecule has 0 fully saturated rings. The van der Waals surface area contributed by atoms with Gasteiger partial charge in [0.15, 0.2) is 0 Å². The number of hydrogen-bond donors (Lipinski definition) is 0. The number of benzene rings is 2. The van der Waals surface area contributed by atoms with E-state index in [2.05, 4.69) is 0 Å². The summed E-state index contributed by atoms with van der Waals surface area (Å²) in [5.74, 6) is -0.490. The smallest absolute Gasteiger partial charge is 0.339 e. The van der Waals surface area contributed by atoms with Crippen LogP contribution in [-0.2, 0) is 19.6 Å². The minimum atomic E-state index is -3.89. The number of aryl methyl sites for hydroxylation is 1. The highest BCUT2D eigenvalue weighted by atomic mass is 32.2. The molecular weight excluding hydrogens is 340 g/mol. The molecule has 1 atom stereocenters. The topological polar surface area (TPSA) is 69.7 Å². The lowest BCUT2D eigenvalue weighted by Gasteiger charge is -2.19. The number of carbonyl (C=O) groups is 1. The molecule has 0 aliphatic heterocycles. The van der Waals surface area contributed by atoms with Crippen molar-refractivity contribution < 1.29 is 22.1 Å². The van der Waals surface area contributed by atoms with Crippen LogP contribution >= 0.6 is 0 Å². The summed E-state index contributed by atoms with van der Waals surface area (Å²) in [6, 6.07) is 12.9. The number of methoxy groups -OCH3 is 1. The van der Waals surface area contributed by atoms with E-state index in [9.17, 15) is 13.2 Å². The molecule has 0 N–H and O–H groups in total. The van der Waals surface area contributed by atoms with Crippen LogP contribution in [0, 0.1) is 12.8 Å². The number of rotatable bonds is 6. The lowest BCUT2D eigenvalue weighted by atomic mass is 9.88. The fourth-order valence-corrected chi connectivity index (χ4v) is 3.46. The van der Waals surface area contributed by atoms with Crippen molar-refractivity contribution in [3.63, 3.8) is 0 Å². The maximum absolute atomic E-state index is 12.3. The lowest BCUT2D eigenvalue weighted by molar-refractivity contribution is -0.143. The molecule has 0 bridgehead atoms. The Morgan fingerprint density at radius 3 is 2.00 bits per heavy atom. The average molecular weight is 362 g/mol. The van der Waals surface area contributed by atoms with Gasteiger partial charge in [0.1, 0.15) is 10.6 Å². The van der Waals surface area contributed by atoms with E-state index in [1.807, 2.05) is 20.8 Å². The molecule has 2 aromatic rings. The summed E-state index contributed by atoms with van der Waals surface area (Å²) in [5.41, 5.74) is 1.72. The highest BCUT2D eigenvalue weighted by Gasteiger charge is 2.25. The molecule has 6 heteroatoms. The minimum Gasteiger partial charge on any atom is -0.469 e. The molecule has 25 heavy (non-hydrogen) atoms. The molecule has 5 nitrogen and oxygen atoms in total. The molecule has 0 amide bonds. The molecule has 0 aliphatic carbocycles. The van der Waals surface area contributed by atoms with Crippen LogP contribution in [0.3, 0.4) is 0 Å². The molecule has 134 valence electrons. The maximum atomic E-state index is 12.3. The number of ether oxygens (including phenoxy) is 1. The molecule has 0 radical (unpaired) electrons. The first-order valence-electron chi connectivity index (χ1n) is 7.93. The zero-order chi connectivity index (χ0) is 18.6. The van der Waals surface area contributed by atoms with Gasteiger partial charge >= 0.3 is 16.1 Å². The highest BCUT2D eigenvalue weighted by Crippen LogP contribution is 2.28. The molecule has 0 spiro atoms. The fourth-order valence-electron chi connectivity index (χ4n) is 2.53. The summed E-state index contributed by atoms with van der Waals surface area (Å²) in [4.78, 5) is 12.0. The van der Waals surface area contributed by atoms with Crippen LogP contribution in [0.1, 0.15) is 30.9 Å². The number of carbonyl (C=O) groups excluding carboxylic acids is 1. The first-order valence-corrected chi connectivity index (χ1v) is 9.34. The van der Waals surface area contributed by atoms with Gasteiger partial charge in [-0.3, -0.25) is 4.79 Å². The first kappa shape index (κ1) is 19.0. The number of hydrogen-bond acceptors (Lipinski definition) is 5. The van der Waals surface area contributed by atoms with Crippen molar-refractivity contribution in [3.05, 3.63) is 59.7 Å². The Morgan fingerprint density at radius 2 is 1.52 bits per heavy atom. The van der Waals surface area contributed by atoms with Crippen LogP contribution in [0.4, 0.5) is 0 Å². The van der Waals surface area contributed by atoms with Gasteiger partial charge in [-0.2, -0.15) is 8.42 Å². The van der Waals surface area contributed by atoms with Crippen LogP contribution < -0.4 is 4.18 Å². The molecule has 0 aliphatic rings. The van der Waals surface area contributed by atoms with Crippen molar-refractivity contribution >= 4 is 16.1 Å². The van der Waals surface area contributed by atoms with E-state index in [1.54, 1.807) is 36.4 Å². The second kappa shape index (κ2) is 7.70. The van der Waals surface area contributed by atoms with Gasteiger partial charge in [-0.1, -0.05) is 43.7 Å². The van der Waals surface area contributed by atoms with Gasteiger partial charge in [-0.25, -0.2) is 0 Å². The van der Waals surface area contributed by atoms with Crippen LogP contribution in [-0.4, -0.2) is 21.5 Å². The highest BCUT2D eigenvalue weighted by molar-refractivity contribution is 7.87. The molecule has 2 rings (SSSR count). The zero-order valence-electron chi connectivity index (χ0n) is 14.7. The Kier molecular flexibility index (Phi) is 5.85. The van der Waals surface area contributed by atoms with Gasteiger partial charge < -0.3 is 8.92 Å². The molecule has 0 saturated heterocycles. The summed E-state index contributed by atoms with van der Waals surface area (Å²) in [5, 5.41) is 0. The first-order chi connectivity index (χ1) is 11.7. The molecule has 0 heterocycles. The van der Waals surface area contributed by atoms with E-state index in [-0.39, 0.29) is 22.5 Å². The summed E-state index contributed by atoms with van der Waals surface area (Å²) in [6.45, 7) is 5.73. The van der Waals surface area contributed by atoms with Crippen molar-refractivity contribution in [2.24, 2.45) is 5.92 Å². The van der Waals surface area contributed by atoms with E-state index in [1.165, 1.54) is 19.2 Å². The maximum Gasteiger partial charge on any atom is 0.339 e. The zero-order valence-corrected chi connectivity index (χ0v) is 15.5. The Bertz CT molecular complexity index is 821. The minimum absolute atomic E-state index is 0.0514. The Labute approximate surface area is 148 Å². The monoisotopic (exact) mass is 362 g/mol. The van der Waals surface area contributed by atoms with Crippen molar-refractivity contribution in [1.82, 2.24) is 0 Å². The van der Waals surface area contributed by atoms with E-state index in [0.717, 1.165) is 11.1 Å². The second-order valence-electron chi connectivity index (χ2n) is 6.16. The second-order valence-corrected chi connectivity index (χ2v) is 7.71. The molecular formula is C19H22O5S. The molecule has 0 saturated carbocycles. The Balaban J connectivity index is 2.22. The van der Waals surface area contributed by atoms with Gasteiger partial charge in [-0.05, 0) is 42.7 Å². The van der Waals surface area contributed by atoms with E-state index in [4.69, 9.17) is 8.92 Å². The average Bonchev–Trinajstić information content (AvgIpc) is 2.56. The van der Waals surface area contributed by atoms with Gasteiger partial charge in [0.05, 0.1) is 13.0 Å². The third-order valence-electron chi connectivity index (χ3n) is 3.88. The van der Waals surface area contributed by atoms with Crippen LogP contribution in [0.25, 0.3) is 0 Å². The van der Waals surface area contributed by atoms with E-state index in [0.29, 0.717) is 0 Å². The lowest BCUT2D eigenvalue weighted by Crippen LogP contribution is -2.19. The van der Waals surface area contributed by atoms with Gasteiger partial charge in [0, 0.05) is 0 Å². The standard InChI is InChI=1S/C19H22O5S/c1-13(2)18(19(20)23-4)15-7-9-16(10-8-15)24-25(21,22)17-11-5-14(3)6-12-17/h5-13,18H,1-4H3. The third-order valence-corrected chi connectivity index (χ3v) is 5.14. The van der Waals surface area contributed by atoms with Crippen molar-refractivity contribution in [2.45, 2.75) is 31.6 Å². The van der Waals surface area contributed by atoms with Crippen LogP contribution in [0.2, 0.25) is 0 Å². The number of esters is 1. The van der Waals surface area contributed by atoms with Crippen molar-refractivity contribution in [1.29, 1.82) is 0 Å².